The van der Waals surface area contributed by atoms with Crippen LogP contribution in [-0.4, -0.2) is 48.5 Å². The number of hydrogen-bond acceptors (Lipinski definition) is 5. The summed E-state index contributed by atoms with van der Waals surface area (Å²) in [5.74, 6) is 0.0591. The molecular formula is C20H30ClN3O3S. The van der Waals surface area contributed by atoms with E-state index in [1.54, 1.807) is 18.3 Å². The highest BCUT2D eigenvalue weighted by atomic mass is 35.5. The molecule has 28 heavy (non-hydrogen) atoms. The summed E-state index contributed by atoms with van der Waals surface area (Å²) in [6.45, 7) is 3.72. The number of likely N-dealkylation sites (tertiary alicyclic amines) is 1. The number of carbonyl (C=O) groups excluding carboxylic acids is 2. The maximum atomic E-state index is 12.7. The van der Waals surface area contributed by atoms with Crippen LogP contribution in [0.4, 0.5) is 0 Å². The minimum atomic E-state index is -0.464. The zero-order chi connectivity index (χ0) is 19.0. The van der Waals surface area contributed by atoms with Crippen LogP contribution in [0.15, 0.2) is 6.07 Å². The normalized spacial score (nSPS) is 22.4. The monoisotopic (exact) mass is 427 g/mol. The maximum absolute atomic E-state index is 12.7. The summed E-state index contributed by atoms with van der Waals surface area (Å²) in [6, 6.07) is 1.91. The Morgan fingerprint density at radius 2 is 2.00 bits per heavy atom. The van der Waals surface area contributed by atoms with E-state index in [9.17, 15) is 9.59 Å². The van der Waals surface area contributed by atoms with Crippen LogP contribution in [0.5, 0.6) is 0 Å². The fraction of sp³-hybridized carbons (Fsp3) is 0.700. The fourth-order valence-electron chi connectivity index (χ4n) is 4.65. The summed E-state index contributed by atoms with van der Waals surface area (Å²) in [6.07, 6.45) is 6.98. The molecular weight excluding hydrogens is 398 g/mol. The van der Waals surface area contributed by atoms with Crippen molar-refractivity contribution in [2.45, 2.75) is 69.6 Å². The van der Waals surface area contributed by atoms with Crippen molar-refractivity contribution in [1.82, 2.24) is 10.2 Å². The number of piperidine rings is 1. The largest absolute Gasteiger partial charge is 0.370 e. The van der Waals surface area contributed by atoms with Gasteiger partial charge < -0.3 is 20.7 Å². The Morgan fingerprint density at radius 1 is 1.32 bits per heavy atom. The van der Waals surface area contributed by atoms with Gasteiger partial charge in [-0.25, -0.2) is 0 Å². The van der Waals surface area contributed by atoms with Gasteiger partial charge in [-0.1, -0.05) is 12.8 Å². The van der Waals surface area contributed by atoms with Crippen molar-refractivity contribution in [1.29, 1.82) is 0 Å². The third kappa shape index (κ3) is 4.08. The first kappa shape index (κ1) is 21.6. The first-order chi connectivity index (χ1) is 13.0. The van der Waals surface area contributed by atoms with Crippen molar-refractivity contribution in [2.75, 3.05) is 19.7 Å². The minimum absolute atomic E-state index is 0. The molecule has 2 fully saturated rings. The quantitative estimate of drug-likeness (QED) is 0.776. The van der Waals surface area contributed by atoms with E-state index in [-0.39, 0.29) is 29.8 Å². The van der Waals surface area contributed by atoms with Crippen molar-refractivity contribution in [2.24, 2.45) is 5.73 Å². The molecule has 1 saturated carbocycles. The molecule has 3 heterocycles. The van der Waals surface area contributed by atoms with E-state index in [1.165, 1.54) is 23.3 Å². The van der Waals surface area contributed by atoms with E-state index in [2.05, 4.69) is 5.32 Å². The smallest absolute Gasteiger partial charge is 0.261 e. The highest BCUT2D eigenvalue weighted by Crippen LogP contribution is 2.44. The first-order valence-electron chi connectivity index (χ1n) is 10.1. The number of ether oxygens (including phenoxy) is 1. The van der Waals surface area contributed by atoms with Gasteiger partial charge in [0, 0.05) is 30.4 Å². The van der Waals surface area contributed by atoms with Gasteiger partial charge in [-0.3, -0.25) is 9.59 Å². The summed E-state index contributed by atoms with van der Waals surface area (Å²) in [5.41, 5.74) is 6.56. The molecule has 1 aromatic rings. The molecule has 1 atom stereocenters. The van der Waals surface area contributed by atoms with Gasteiger partial charge in [0.15, 0.2) is 0 Å². The van der Waals surface area contributed by atoms with Gasteiger partial charge in [0.25, 0.3) is 5.91 Å². The molecule has 2 amide bonds. The second kappa shape index (κ2) is 8.69. The minimum Gasteiger partial charge on any atom is -0.370 e. The van der Waals surface area contributed by atoms with Crippen molar-refractivity contribution < 1.29 is 14.3 Å². The van der Waals surface area contributed by atoms with E-state index in [4.69, 9.17) is 10.5 Å². The Morgan fingerprint density at radius 3 is 2.64 bits per heavy atom. The summed E-state index contributed by atoms with van der Waals surface area (Å²) < 4.78 is 6.25. The highest BCUT2D eigenvalue weighted by molar-refractivity contribution is 7.14. The van der Waals surface area contributed by atoms with Gasteiger partial charge in [-0.15, -0.1) is 23.7 Å². The lowest BCUT2D eigenvalue weighted by atomic mass is 9.82. The number of amides is 2. The van der Waals surface area contributed by atoms with Crippen LogP contribution in [0.3, 0.4) is 0 Å². The van der Waals surface area contributed by atoms with Gasteiger partial charge in [-0.2, -0.15) is 0 Å². The third-order valence-corrected chi connectivity index (χ3v) is 7.39. The number of halogens is 1. The Balaban J connectivity index is 0.00000225. The molecule has 0 bridgehead atoms. The topological polar surface area (TPSA) is 84.7 Å². The lowest BCUT2D eigenvalue weighted by Gasteiger charge is -2.44. The molecule has 1 aliphatic carbocycles. The van der Waals surface area contributed by atoms with Crippen LogP contribution in [0.25, 0.3) is 0 Å². The standard InChI is InChI=1S/C20H29N3O3S.ClH/c1-13(21)19(25)23-9-7-20(8-10-23)15-12-17(27-16(15)6-11-26-20)18(24)22-14-4-2-3-5-14;/h12-14H,2-11,21H2,1H3,(H,22,24);1H. The number of thiophene rings is 1. The predicted octanol–water partition coefficient (Wildman–Crippen LogP) is 2.58. The Hall–Kier alpha value is -1.15. The summed E-state index contributed by atoms with van der Waals surface area (Å²) in [7, 11) is 0. The van der Waals surface area contributed by atoms with Gasteiger partial charge in [0.2, 0.25) is 5.91 Å². The van der Waals surface area contributed by atoms with Crippen molar-refractivity contribution >= 4 is 35.6 Å². The molecule has 2 aliphatic heterocycles. The molecule has 1 aromatic heterocycles. The summed E-state index contributed by atoms with van der Waals surface area (Å²) in [4.78, 5) is 28.8. The second-order valence-electron chi connectivity index (χ2n) is 8.11. The molecule has 3 N–H and O–H groups in total. The Bertz CT molecular complexity index is 722. The summed E-state index contributed by atoms with van der Waals surface area (Å²) >= 11 is 1.61. The van der Waals surface area contributed by atoms with E-state index >= 15 is 0 Å². The van der Waals surface area contributed by atoms with Crippen LogP contribution in [-0.2, 0) is 21.6 Å². The molecule has 4 rings (SSSR count). The second-order valence-corrected chi connectivity index (χ2v) is 9.25. The molecule has 156 valence electrons. The predicted molar refractivity (Wildman–Crippen MR) is 112 cm³/mol. The molecule has 1 spiro atoms. The molecule has 1 unspecified atom stereocenters. The molecule has 6 nitrogen and oxygen atoms in total. The maximum Gasteiger partial charge on any atom is 0.261 e. The highest BCUT2D eigenvalue weighted by Gasteiger charge is 2.43. The first-order valence-corrected chi connectivity index (χ1v) is 10.9. The van der Waals surface area contributed by atoms with E-state index < -0.39 is 6.04 Å². The number of rotatable bonds is 3. The number of fused-ring (bicyclic) bond motifs is 2. The van der Waals surface area contributed by atoms with Crippen LogP contribution in [0.1, 0.15) is 65.6 Å². The Kier molecular flexibility index (Phi) is 6.69. The zero-order valence-electron chi connectivity index (χ0n) is 16.4. The lowest BCUT2D eigenvalue weighted by molar-refractivity contribution is -0.141. The van der Waals surface area contributed by atoms with Gasteiger partial charge in [0.05, 0.1) is 23.1 Å². The Labute approximate surface area is 176 Å². The average Bonchev–Trinajstić information content (AvgIpc) is 3.32. The van der Waals surface area contributed by atoms with Crippen molar-refractivity contribution in [3.8, 4) is 0 Å². The zero-order valence-corrected chi connectivity index (χ0v) is 18.0. The van der Waals surface area contributed by atoms with E-state index in [0.29, 0.717) is 25.7 Å². The van der Waals surface area contributed by atoms with Crippen molar-refractivity contribution in [3.05, 3.63) is 21.4 Å². The molecule has 1 saturated heterocycles. The van der Waals surface area contributed by atoms with Crippen LogP contribution >= 0.6 is 23.7 Å². The van der Waals surface area contributed by atoms with Crippen LogP contribution in [0.2, 0.25) is 0 Å². The van der Waals surface area contributed by atoms with Gasteiger partial charge in [-0.05, 0) is 44.2 Å². The van der Waals surface area contributed by atoms with Gasteiger partial charge >= 0.3 is 0 Å². The van der Waals surface area contributed by atoms with E-state index in [1.807, 2.05) is 11.0 Å². The SMILES string of the molecule is CC(N)C(=O)N1CCC2(CC1)OCCc1sc(C(=O)NC3CCCC3)cc12.Cl. The van der Waals surface area contributed by atoms with Crippen LogP contribution in [0, 0.1) is 0 Å². The lowest BCUT2D eigenvalue weighted by Crippen LogP contribution is -2.51. The molecule has 8 heteroatoms. The number of nitrogens with zero attached hydrogens (tertiary/aromatic N) is 1. The average molecular weight is 428 g/mol. The number of carbonyl (C=O) groups is 2. The molecule has 3 aliphatic rings. The fourth-order valence-corrected chi connectivity index (χ4v) is 5.78. The summed E-state index contributed by atoms with van der Waals surface area (Å²) in [5, 5.41) is 3.19. The van der Waals surface area contributed by atoms with E-state index in [0.717, 1.165) is 37.0 Å². The molecule has 0 aromatic carbocycles. The molecule has 0 radical (unpaired) electrons. The van der Waals surface area contributed by atoms with Crippen molar-refractivity contribution in [3.63, 3.8) is 0 Å². The van der Waals surface area contributed by atoms with Crippen LogP contribution < -0.4 is 11.1 Å². The number of nitrogens with two attached hydrogens (primary N) is 1. The van der Waals surface area contributed by atoms with Gasteiger partial charge in [0.1, 0.15) is 0 Å². The number of hydrogen-bond donors (Lipinski definition) is 2. The number of nitrogens with one attached hydrogen (secondary N) is 1. The third-order valence-electron chi connectivity index (χ3n) is 6.19.